The lowest BCUT2D eigenvalue weighted by atomic mass is 10.1. The van der Waals surface area contributed by atoms with Crippen molar-refractivity contribution in [2.24, 2.45) is 0 Å². The van der Waals surface area contributed by atoms with E-state index in [1.807, 2.05) is 30.3 Å². The Labute approximate surface area is 104 Å². The molecule has 1 aromatic carbocycles. The van der Waals surface area contributed by atoms with E-state index < -0.39 is 5.97 Å². The molecule has 2 aromatic rings. The number of aliphatic carboxylic acids is 1. The Bertz CT molecular complexity index is 549. The Hall–Kier alpha value is -2.30. The van der Waals surface area contributed by atoms with Crippen LogP contribution in [0.2, 0.25) is 0 Å². The van der Waals surface area contributed by atoms with Crippen molar-refractivity contribution >= 4 is 5.97 Å². The summed E-state index contributed by atoms with van der Waals surface area (Å²) in [6, 6.07) is 9.42. The molecule has 0 bridgehead atoms. The van der Waals surface area contributed by atoms with E-state index in [2.05, 4.69) is 10.2 Å². The first-order valence-electron chi connectivity index (χ1n) is 5.60. The fraction of sp³-hybridized carbons (Fsp3) is 0.231. The molecular weight excluding hydrogens is 232 g/mol. The summed E-state index contributed by atoms with van der Waals surface area (Å²) in [7, 11) is 1.61. The third-order valence-electron chi connectivity index (χ3n) is 2.62. The SMILES string of the molecule is COc1ccccc1-c1cc(CCC(=O)O)[nH]n1. The molecule has 0 spiro atoms. The second kappa shape index (κ2) is 5.35. The summed E-state index contributed by atoms with van der Waals surface area (Å²) < 4.78 is 5.26. The van der Waals surface area contributed by atoms with Gasteiger partial charge in [0.25, 0.3) is 0 Å². The minimum atomic E-state index is -0.816. The lowest BCUT2D eigenvalue weighted by Crippen LogP contribution is -1.97. The molecule has 94 valence electrons. The van der Waals surface area contributed by atoms with Crippen molar-refractivity contribution in [3.8, 4) is 17.0 Å². The number of ether oxygens (including phenoxy) is 1. The summed E-state index contributed by atoms with van der Waals surface area (Å²) in [5.74, 6) is -0.0720. The van der Waals surface area contributed by atoms with Gasteiger partial charge in [0.1, 0.15) is 5.75 Å². The number of nitrogens with zero attached hydrogens (tertiary/aromatic N) is 1. The van der Waals surface area contributed by atoms with Gasteiger partial charge in [-0.2, -0.15) is 5.10 Å². The van der Waals surface area contributed by atoms with Crippen molar-refractivity contribution in [1.82, 2.24) is 10.2 Å². The number of para-hydroxylation sites is 1. The lowest BCUT2D eigenvalue weighted by molar-refractivity contribution is -0.136. The van der Waals surface area contributed by atoms with Crippen LogP contribution < -0.4 is 4.74 Å². The molecule has 0 atom stereocenters. The summed E-state index contributed by atoms with van der Waals surface area (Å²) in [6.07, 6.45) is 0.533. The molecule has 1 heterocycles. The van der Waals surface area contributed by atoms with Gasteiger partial charge in [0.15, 0.2) is 0 Å². The molecule has 2 N–H and O–H groups in total. The molecule has 5 heteroatoms. The van der Waals surface area contributed by atoms with Crippen molar-refractivity contribution in [2.75, 3.05) is 7.11 Å². The number of benzene rings is 1. The van der Waals surface area contributed by atoms with Gasteiger partial charge in [-0.1, -0.05) is 12.1 Å². The number of hydrogen-bond donors (Lipinski definition) is 2. The van der Waals surface area contributed by atoms with Crippen LogP contribution in [0.4, 0.5) is 0 Å². The highest BCUT2D eigenvalue weighted by molar-refractivity contribution is 5.68. The first kappa shape index (κ1) is 12.2. The predicted octanol–water partition coefficient (Wildman–Crippen LogP) is 2.10. The van der Waals surface area contributed by atoms with Crippen LogP contribution in [0.5, 0.6) is 5.75 Å². The first-order chi connectivity index (χ1) is 8.70. The van der Waals surface area contributed by atoms with Gasteiger partial charge < -0.3 is 9.84 Å². The average molecular weight is 246 g/mol. The Morgan fingerprint density at radius 1 is 1.44 bits per heavy atom. The Kier molecular flexibility index (Phi) is 3.62. The van der Waals surface area contributed by atoms with Crippen LogP contribution >= 0.6 is 0 Å². The second-order valence-corrected chi connectivity index (χ2v) is 3.87. The molecule has 0 aliphatic carbocycles. The fourth-order valence-electron chi connectivity index (χ4n) is 1.73. The number of carbonyl (C=O) groups is 1. The number of rotatable bonds is 5. The Balaban J connectivity index is 2.21. The van der Waals surface area contributed by atoms with Crippen LogP contribution in [0.1, 0.15) is 12.1 Å². The molecule has 0 radical (unpaired) electrons. The van der Waals surface area contributed by atoms with Crippen LogP contribution in [-0.4, -0.2) is 28.4 Å². The smallest absolute Gasteiger partial charge is 0.303 e. The average Bonchev–Trinajstić information content (AvgIpc) is 2.85. The molecular formula is C13H14N2O3. The van der Waals surface area contributed by atoms with Gasteiger partial charge in [0.2, 0.25) is 0 Å². The van der Waals surface area contributed by atoms with Crippen molar-refractivity contribution in [3.05, 3.63) is 36.0 Å². The van der Waals surface area contributed by atoms with Gasteiger partial charge in [-0.05, 0) is 24.6 Å². The molecule has 0 aliphatic rings. The highest BCUT2D eigenvalue weighted by Gasteiger charge is 2.09. The summed E-state index contributed by atoms with van der Waals surface area (Å²) in [5.41, 5.74) is 2.45. The van der Waals surface area contributed by atoms with Crippen LogP contribution in [0.3, 0.4) is 0 Å². The van der Waals surface area contributed by atoms with Gasteiger partial charge in [-0.15, -0.1) is 0 Å². The fourth-order valence-corrected chi connectivity index (χ4v) is 1.73. The van der Waals surface area contributed by atoms with E-state index in [9.17, 15) is 4.79 Å². The van der Waals surface area contributed by atoms with Crippen LogP contribution in [0, 0.1) is 0 Å². The summed E-state index contributed by atoms with van der Waals surface area (Å²) in [4.78, 5) is 10.5. The zero-order valence-electron chi connectivity index (χ0n) is 10.0. The highest BCUT2D eigenvalue weighted by atomic mass is 16.5. The number of methoxy groups -OCH3 is 1. The number of hydrogen-bond acceptors (Lipinski definition) is 3. The number of H-pyrrole nitrogens is 1. The van der Waals surface area contributed by atoms with Gasteiger partial charge in [-0.25, -0.2) is 0 Å². The largest absolute Gasteiger partial charge is 0.496 e. The summed E-state index contributed by atoms with van der Waals surface area (Å²) in [6.45, 7) is 0. The first-order valence-corrected chi connectivity index (χ1v) is 5.60. The van der Waals surface area contributed by atoms with Gasteiger partial charge in [0.05, 0.1) is 19.2 Å². The van der Waals surface area contributed by atoms with Gasteiger partial charge in [-0.3, -0.25) is 9.89 Å². The number of aromatic amines is 1. The monoisotopic (exact) mass is 246 g/mol. The molecule has 0 amide bonds. The molecule has 0 fully saturated rings. The quantitative estimate of drug-likeness (QED) is 0.847. The van der Waals surface area contributed by atoms with E-state index in [1.165, 1.54) is 0 Å². The summed E-state index contributed by atoms with van der Waals surface area (Å²) in [5, 5.41) is 15.6. The van der Waals surface area contributed by atoms with Crippen molar-refractivity contribution in [1.29, 1.82) is 0 Å². The Morgan fingerprint density at radius 3 is 2.94 bits per heavy atom. The highest BCUT2D eigenvalue weighted by Crippen LogP contribution is 2.28. The zero-order chi connectivity index (χ0) is 13.0. The van der Waals surface area contributed by atoms with Crippen LogP contribution in [0.15, 0.2) is 30.3 Å². The molecule has 0 aliphatic heterocycles. The van der Waals surface area contributed by atoms with Gasteiger partial charge >= 0.3 is 5.97 Å². The standard InChI is InChI=1S/C13H14N2O3/c1-18-12-5-3-2-4-10(12)11-8-9(14-15-11)6-7-13(16)17/h2-5,8H,6-7H2,1H3,(H,14,15)(H,16,17). The van der Waals surface area contributed by atoms with E-state index in [0.29, 0.717) is 6.42 Å². The van der Waals surface area contributed by atoms with Crippen LogP contribution in [0.25, 0.3) is 11.3 Å². The van der Waals surface area contributed by atoms with Crippen molar-refractivity contribution in [3.63, 3.8) is 0 Å². The minimum Gasteiger partial charge on any atom is -0.496 e. The molecule has 18 heavy (non-hydrogen) atoms. The van der Waals surface area contributed by atoms with E-state index in [1.54, 1.807) is 7.11 Å². The summed E-state index contributed by atoms with van der Waals surface area (Å²) >= 11 is 0. The molecule has 0 saturated heterocycles. The van der Waals surface area contributed by atoms with E-state index in [-0.39, 0.29) is 6.42 Å². The minimum absolute atomic E-state index is 0.0908. The number of carboxylic acid groups (broad SMARTS) is 1. The molecule has 0 saturated carbocycles. The number of carboxylic acids is 1. The molecule has 0 unspecified atom stereocenters. The van der Waals surface area contributed by atoms with Crippen LogP contribution in [-0.2, 0) is 11.2 Å². The van der Waals surface area contributed by atoms with E-state index >= 15 is 0 Å². The number of aryl methyl sites for hydroxylation is 1. The Morgan fingerprint density at radius 2 is 2.22 bits per heavy atom. The molecule has 1 aromatic heterocycles. The number of aromatic nitrogens is 2. The lowest BCUT2D eigenvalue weighted by Gasteiger charge is -2.04. The maximum absolute atomic E-state index is 10.5. The van der Waals surface area contributed by atoms with E-state index in [0.717, 1.165) is 22.7 Å². The molecule has 5 nitrogen and oxygen atoms in total. The van der Waals surface area contributed by atoms with Gasteiger partial charge in [0, 0.05) is 11.3 Å². The predicted molar refractivity (Wildman–Crippen MR) is 66.5 cm³/mol. The maximum Gasteiger partial charge on any atom is 0.303 e. The van der Waals surface area contributed by atoms with Crippen molar-refractivity contribution < 1.29 is 14.6 Å². The third-order valence-corrected chi connectivity index (χ3v) is 2.62. The van der Waals surface area contributed by atoms with E-state index in [4.69, 9.17) is 9.84 Å². The topological polar surface area (TPSA) is 75.2 Å². The normalized spacial score (nSPS) is 10.3. The third kappa shape index (κ3) is 2.68. The zero-order valence-corrected chi connectivity index (χ0v) is 10.0. The van der Waals surface area contributed by atoms with Crippen molar-refractivity contribution in [2.45, 2.75) is 12.8 Å². The second-order valence-electron chi connectivity index (χ2n) is 3.87. The molecule has 2 rings (SSSR count). The maximum atomic E-state index is 10.5. The number of nitrogens with one attached hydrogen (secondary N) is 1.